The molecule has 0 saturated carbocycles. The standard InChI is InChI=1S/C15H16N4OS/c1-9(6-12-7-16-4-5-17-12)19-8-18-14-13(15(19)20)10(2)11(3)21-14/h4-5,7-9H,6H2,1-3H3. The van der Waals surface area contributed by atoms with Crippen LogP contribution >= 0.6 is 11.3 Å². The van der Waals surface area contributed by atoms with Crippen LogP contribution in [0.15, 0.2) is 29.7 Å². The number of fused-ring (bicyclic) bond motifs is 1. The Morgan fingerprint density at radius 2 is 2.10 bits per heavy atom. The van der Waals surface area contributed by atoms with E-state index in [4.69, 9.17) is 0 Å². The summed E-state index contributed by atoms with van der Waals surface area (Å²) in [5, 5.41) is 0.742. The summed E-state index contributed by atoms with van der Waals surface area (Å²) in [5.41, 5.74) is 1.93. The molecule has 5 nitrogen and oxygen atoms in total. The van der Waals surface area contributed by atoms with Crippen LogP contribution in [0.4, 0.5) is 0 Å². The third-order valence-corrected chi connectivity index (χ3v) is 4.83. The second-order valence-corrected chi connectivity index (χ2v) is 6.37. The van der Waals surface area contributed by atoms with Crippen molar-refractivity contribution in [3.63, 3.8) is 0 Å². The molecule has 0 saturated heterocycles. The van der Waals surface area contributed by atoms with E-state index in [9.17, 15) is 4.79 Å². The lowest BCUT2D eigenvalue weighted by atomic mass is 10.1. The average Bonchev–Trinajstić information content (AvgIpc) is 2.76. The Morgan fingerprint density at radius 1 is 1.29 bits per heavy atom. The van der Waals surface area contributed by atoms with Gasteiger partial charge in [0.05, 0.1) is 17.4 Å². The van der Waals surface area contributed by atoms with Crippen LogP contribution in [0, 0.1) is 13.8 Å². The lowest BCUT2D eigenvalue weighted by molar-refractivity contribution is 0.517. The van der Waals surface area contributed by atoms with E-state index >= 15 is 0 Å². The van der Waals surface area contributed by atoms with E-state index in [0.717, 1.165) is 26.4 Å². The quantitative estimate of drug-likeness (QED) is 0.746. The lowest BCUT2D eigenvalue weighted by Gasteiger charge is -2.14. The molecule has 1 unspecified atom stereocenters. The molecule has 0 fully saturated rings. The zero-order chi connectivity index (χ0) is 15.0. The number of aromatic nitrogens is 4. The molecule has 0 aliphatic rings. The van der Waals surface area contributed by atoms with Gasteiger partial charge in [-0.15, -0.1) is 11.3 Å². The van der Waals surface area contributed by atoms with Crippen molar-refractivity contribution >= 4 is 21.6 Å². The summed E-state index contributed by atoms with van der Waals surface area (Å²) in [6.45, 7) is 6.00. The van der Waals surface area contributed by atoms with Crippen molar-refractivity contribution in [2.24, 2.45) is 0 Å². The Bertz CT molecular complexity index is 838. The summed E-state index contributed by atoms with van der Waals surface area (Å²) in [6, 6.07) is -0.00861. The van der Waals surface area contributed by atoms with Gasteiger partial charge in [0, 0.05) is 35.9 Å². The van der Waals surface area contributed by atoms with Gasteiger partial charge in [0.25, 0.3) is 5.56 Å². The summed E-state index contributed by atoms with van der Waals surface area (Å²) >= 11 is 1.57. The molecular formula is C15H16N4OS. The molecule has 0 amide bonds. The van der Waals surface area contributed by atoms with Crippen LogP contribution in [-0.4, -0.2) is 19.5 Å². The summed E-state index contributed by atoms with van der Waals surface area (Å²) in [7, 11) is 0. The van der Waals surface area contributed by atoms with Crippen molar-refractivity contribution in [3.8, 4) is 0 Å². The van der Waals surface area contributed by atoms with E-state index in [1.807, 2.05) is 20.8 Å². The highest BCUT2D eigenvalue weighted by atomic mass is 32.1. The minimum absolute atomic E-state index is 0.00861. The van der Waals surface area contributed by atoms with Crippen molar-refractivity contribution in [1.82, 2.24) is 19.5 Å². The zero-order valence-corrected chi connectivity index (χ0v) is 13.0. The van der Waals surface area contributed by atoms with E-state index in [1.165, 1.54) is 0 Å². The molecule has 3 aromatic rings. The smallest absolute Gasteiger partial charge is 0.262 e. The SMILES string of the molecule is Cc1sc2ncn(C(C)Cc3cnccn3)c(=O)c2c1C. The first kappa shape index (κ1) is 13.9. The maximum absolute atomic E-state index is 12.7. The van der Waals surface area contributed by atoms with E-state index < -0.39 is 0 Å². The highest BCUT2D eigenvalue weighted by molar-refractivity contribution is 7.18. The van der Waals surface area contributed by atoms with Crippen molar-refractivity contribution < 1.29 is 0 Å². The highest BCUT2D eigenvalue weighted by Crippen LogP contribution is 2.26. The van der Waals surface area contributed by atoms with E-state index in [-0.39, 0.29) is 11.6 Å². The first-order chi connectivity index (χ1) is 10.1. The van der Waals surface area contributed by atoms with Gasteiger partial charge in [0.15, 0.2) is 0 Å². The normalized spacial score (nSPS) is 12.7. The number of aryl methyl sites for hydroxylation is 2. The van der Waals surface area contributed by atoms with Gasteiger partial charge in [0.1, 0.15) is 4.83 Å². The molecule has 21 heavy (non-hydrogen) atoms. The largest absolute Gasteiger partial charge is 0.295 e. The summed E-state index contributed by atoms with van der Waals surface area (Å²) in [6.07, 6.45) is 7.34. The van der Waals surface area contributed by atoms with Gasteiger partial charge in [-0.3, -0.25) is 19.3 Å². The molecule has 0 radical (unpaired) electrons. The van der Waals surface area contributed by atoms with Crippen molar-refractivity contribution in [3.05, 3.63) is 51.4 Å². The van der Waals surface area contributed by atoms with Crippen LogP contribution in [-0.2, 0) is 6.42 Å². The average molecular weight is 300 g/mol. The molecule has 0 aromatic carbocycles. The predicted molar refractivity (Wildman–Crippen MR) is 83.8 cm³/mol. The second kappa shape index (κ2) is 5.37. The Morgan fingerprint density at radius 3 is 2.81 bits per heavy atom. The van der Waals surface area contributed by atoms with Crippen LogP contribution < -0.4 is 5.56 Å². The Balaban J connectivity index is 2.02. The molecule has 0 bridgehead atoms. The Hall–Kier alpha value is -2.08. The van der Waals surface area contributed by atoms with Crippen molar-refractivity contribution in [1.29, 1.82) is 0 Å². The molecule has 0 aliphatic heterocycles. The fourth-order valence-corrected chi connectivity index (χ4v) is 3.39. The monoisotopic (exact) mass is 300 g/mol. The Labute approximate surface area is 126 Å². The van der Waals surface area contributed by atoms with Crippen molar-refractivity contribution in [2.75, 3.05) is 0 Å². The number of hydrogen-bond donors (Lipinski definition) is 0. The van der Waals surface area contributed by atoms with Crippen LogP contribution in [0.5, 0.6) is 0 Å². The molecule has 6 heteroatoms. The molecule has 0 N–H and O–H groups in total. The minimum Gasteiger partial charge on any atom is -0.295 e. The van der Waals surface area contributed by atoms with E-state index in [2.05, 4.69) is 15.0 Å². The number of hydrogen-bond acceptors (Lipinski definition) is 5. The predicted octanol–water partition coefficient (Wildman–Crippen LogP) is 2.67. The Kier molecular flexibility index (Phi) is 3.55. The fourth-order valence-electron chi connectivity index (χ4n) is 2.40. The molecule has 0 spiro atoms. The molecule has 3 heterocycles. The highest BCUT2D eigenvalue weighted by Gasteiger charge is 2.15. The van der Waals surface area contributed by atoms with Crippen LogP contribution in [0.1, 0.15) is 29.1 Å². The van der Waals surface area contributed by atoms with Crippen molar-refractivity contribution in [2.45, 2.75) is 33.2 Å². The molecular weight excluding hydrogens is 284 g/mol. The first-order valence-corrected chi connectivity index (χ1v) is 7.61. The van der Waals surface area contributed by atoms with Gasteiger partial charge < -0.3 is 0 Å². The lowest BCUT2D eigenvalue weighted by Crippen LogP contribution is -2.25. The molecule has 1 atom stereocenters. The van der Waals surface area contributed by atoms with Gasteiger partial charge in [-0.05, 0) is 26.3 Å². The van der Waals surface area contributed by atoms with Gasteiger partial charge in [-0.1, -0.05) is 0 Å². The fraction of sp³-hybridized carbons (Fsp3) is 0.333. The van der Waals surface area contributed by atoms with Gasteiger partial charge >= 0.3 is 0 Å². The van der Waals surface area contributed by atoms with Crippen LogP contribution in [0.3, 0.4) is 0 Å². The third-order valence-electron chi connectivity index (χ3n) is 3.71. The maximum Gasteiger partial charge on any atom is 0.262 e. The van der Waals surface area contributed by atoms with E-state index in [0.29, 0.717) is 6.42 Å². The number of rotatable bonds is 3. The number of thiophene rings is 1. The minimum atomic E-state index is -0.00861. The van der Waals surface area contributed by atoms with Gasteiger partial charge in [0.2, 0.25) is 0 Å². The number of nitrogens with zero attached hydrogens (tertiary/aromatic N) is 4. The molecule has 0 aliphatic carbocycles. The van der Waals surface area contributed by atoms with Gasteiger partial charge in [-0.2, -0.15) is 0 Å². The summed E-state index contributed by atoms with van der Waals surface area (Å²) < 4.78 is 1.69. The second-order valence-electron chi connectivity index (χ2n) is 5.17. The topological polar surface area (TPSA) is 60.7 Å². The third kappa shape index (κ3) is 2.47. The molecule has 3 aromatic heterocycles. The molecule has 3 rings (SSSR count). The van der Waals surface area contributed by atoms with Gasteiger partial charge in [-0.25, -0.2) is 4.98 Å². The first-order valence-electron chi connectivity index (χ1n) is 6.79. The zero-order valence-electron chi connectivity index (χ0n) is 12.2. The maximum atomic E-state index is 12.7. The van der Waals surface area contributed by atoms with Crippen LogP contribution in [0.25, 0.3) is 10.2 Å². The summed E-state index contributed by atoms with van der Waals surface area (Å²) in [4.78, 5) is 27.4. The van der Waals surface area contributed by atoms with E-state index in [1.54, 1.807) is 40.8 Å². The summed E-state index contributed by atoms with van der Waals surface area (Å²) in [5.74, 6) is 0. The van der Waals surface area contributed by atoms with Crippen LogP contribution in [0.2, 0.25) is 0 Å². The molecule has 108 valence electrons.